The summed E-state index contributed by atoms with van der Waals surface area (Å²) in [5.41, 5.74) is 0. The van der Waals surface area contributed by atoms with Crippen LogP contribution in [0.5, 0.6) is 0 Å². The molecule has 0 aliphatic heterocycles. The monoisotopic (exact) mass is 405 g/mol. The highest BCUT2D eigenvalue weighted by molar-refractivity contribution is 5.91. The van der Waals surface area contributed by atoms with Crippen LogP contribution in [-0.2, 0) is 9.59 Å². The molecule has 1 aliphatic rings. The minimum absolute atomic E-state index is 0.126. The third-order valence-corrected chi connectivity index (χ3v) is 6.50. The quantitative estimate of drug-likeness (QED) is 0.487. The molecule has 0 aromatic rings. The Morgan fingerprint density at radius 3 is 1.48 bits per heavy atom. The second-order valence-corrected chi connectivity index (χ2v) is 9.07. The zero-order chi connectivity index (χ0) is 21.2. The molecule has 1 aliphatic carbocycles. The Hall–Kier alpha value is -0.960. The van der Waals surface area contributed by atoms with Crippen LogP contribution in [0.4, 0.5) is 0 Å². The van der Waals surface area contributed by atoms with Gasteiger partial charge in [0, 0.05) is 5.92 Å². The van der Waals surface area contributed by atoms with E-state index in [-0.39, 0.29) is 23.5 Å². The highest BCUT2D eigenvalue weighted by Gasteiger charge is 2.16. The summed E-state index contributed by atoms with van der Waals surface area (Å²) >= 11 is 0. The summed E-state index contributed by atoms with van der Waals surface area (Å²) < 4.78 is 0. The lowest BCUT2D eigenvalue weighted by Gasteiger charge is -2.15. The number of carbonyl (C=O) groups is 2. The third kappa shape index (κ3) is 13.8. The normalized spacial score (nSPS) is 21.3. The molecule has 1 rings (SSSR count). The fraction of sp³-hybridized carbons (Fsp3) is 0.846. The van der Waals surface area contributed by atoms with Gasteiger partial charge in [-0.25, -0.2) is 0 Å². The van der Waals surface area contributed by atoms with E-state index in [2.05, 4.69) is 5.32 Å². The van der Waals surface area contributed by atoms with Gasteiger partial charge in [-0.1, -0.05) is 102 Å². The lowest BCUT2D eigenvalue weighted by atomic mass is 9.90. The second kappa shape index (κ2) is 17.9. The fourth-order valence-electron chi connectivity index (χ4n) is 4.45. The Bertz CT molecular complexity index is 440. The largest absolute Gasteiger partial charge is 0.310 e. The van der Waals surface area contributed by atoms with Gasteiger partial charge in [0.2, 0.25) is 0 Å². The SMILES string of the molecule is CNC(C/C=C/C(=O)C1CCCCCCCCCCCCCCCCC1)C(C)=O. The molecule has 1 N–H and O–H groups in total. The standard InChI is InChI=1S/C26H47NO2/c1-23(28)25(27-2)21-18-22-26(29)24-19-16-14-12-10-8-6-4-3-5-7-9-11-13-15-17-20-24/h18,22,24-25,27H,3-17,19-21H2,1-2H3/b22-18+. The molecule has 0 bridgehead atoms. The van der Waals surface area contributed by atoms with Crippen LogP contribution in [0.25, 0.3) is 0 Å². The molecule has 0 aromatic carbocycles. The highest BCUT2D eigenvalue weighted by atomic mass is 16.1. The summed E-state index contributed by atoms with van der Waals surface area (Å²) in [6.07, 6.45) is 26.4. The van der Waals surface area contributed by atoms with Gasteiger partial charge < -0.3 is 5.32 Å². The predicted octanol–water partition coefficient (Wildman–Crippen LogP) is 6.94. The number of allylic oxidation sites excluding steroid dienone is 1. The smallest absolute Gasteiger partial charge is 0.158 e. The van der Waals surface area contributed by atoms with Gasteiger partial charge in [0.25, 0.3) is 0 Å². The molecule has 0 amide bonds. The minimum Gasteiger partial charge on any atom is -0.310 e. The zero-order valence-electron chi connectivity index (χ0n) is 19.4. The van der Waals surface area contributed by atoms with Crippen LogP contribution in [-0.4, -0.2) is 24.7 Å². The second-order valence-electron chi connectivity index (χ2n) is 9.07. The molecule has 1 atom stereocenters. The molecular formula is C26H47NO2. The molecule has 29 heavy (non-hydrogen) atoms. The number of ketones is 2. The average molecular weight is 406 g/mol. The Morgan fingerprint density at radius 1 is 0.759 bits per heavy atom. The summed E-state index contributed by atoms with van der Waals surface area (Å²) in [7, 11) is 1.80. The van der Waals surface area contributed by atoms with E-state index in [1.54, 1.807) is 20.0 Å². The van der Waals surface area contributed by atoms with Crippen molar-refractivity contribution < 1.29 is 9.59 Å². The number of hydrogen-bond donors (Lipinski definition) is 1. The van der Waals surface area contributed by atoms with E-state index >= 15 is 0 Å². The Labute approximate surface area is 180 Å². The zero-order valence-corrected chi connectivity index (χ0v) is 19.4. The van der Waals surface area contributed by atoms with Crippen molar-refractivity contribution in [2.45, 2.75) is 129 Å². The summed E-state index contributed by atoms with van der Waals surface area (Å²) in [5, 5.41) is 3.02. The number of hydrogen-bond acceptors (Lipinski definition) is 3. The van der Waals surface area contributed by atoms with Gasteiger partial charge in [0.15, 0.2) is 5.78 Å². The van der Waals surface area contributed by atoms with E-state index in [4.69, 9.17) is 0 Å². The van der Waals surface area contributed by atoms with Gasteiger partial charge in [-0.05, 0) is 39.3 Å². The van der Waals surface area contributed by atoms with E-state index < -0.39 is 0 Å². The summed E-state index contributed by atoms with van der Waals surface area (Å²) in [6, 6.07) is -0.177. The van der Waals surface area contributed by atoms with E-state index in [1.165, 1.54) is 96.3 Å². The summed E-state index contributed by atoms with van der Waals surface area (Å²) in [4.78, 5) is 24.3. The van der Waals surface area contributed by atoms with Crippen molar-refractivity contribution >= 4 is 11.6 Å². The van der Waals surface area contributed by atoms with Crippen LogP contribution < -0.4 is 5.32 Å². The molecule has 0 spiro atoms. The number of Topliss-reactive ketones (excluding diaryl/α,β-unsaturated/α-hetero) is 1. The molecule has 0 aromatic heterocycles. The Balaban J connectivity index is 2.47. The number of carbonyl (C=O) groups excluding carboxylic acids is 2. The van der Waals surface area contributed by atoms with Crippen LogP contribution in [0.1, 0.15) is 122 Å². The number of likely N-dealkylation sites (N-methyl/N-ethyl adjacent to an activating group) is 1. The van der Waals surface area contributed by atoms with Crippen molar-refractivity contribution in [1.82, 2.24) is 5.32 Å². The lowest BCUT2D eigenvalue weighted by molar-refractivity contribution is -0.119. The van der Waals surface area contributed by atoms with Crippen LogP contribution in [0.2, 0.25) is 0 Å². The molecule has 0 radical (unpaired) electrons. The lowest BCUT2D eigenvalue weighted by Crippen LogP contribution is -2.31. The first-order chi connectivity index (χ1) is 14.1. The molecule has 1 unspecified atom stereocenters. The van der Waals surface area contributed by atoms with Crippen LogP contribution in [0.3, 0.4) is 0 Å². The van der Waals surface area contributed by atoms with Gasteiger partial charge in [0.05, 0.1) is 6.04 Å². The molecule has 1 saturated carbocycles. The number of nitrogens with one attached hydrogen (secondary N) is 1. The first-order valence-corrected chi connectivity index (χ1v) is 12.5. The predicted molar refractivity (Wildman–Crippen MR) is 124 cm³/mol. The van der Waals surface area contributed by atoms with Gasteiger partial charge >= 0.3 is 0 Å². The van der Waals surface area contributed by atoms with Crippen molar-refractivity contribution in [3.8, 4) is 0 Å². The summed E-state index contributed by atoms with van der Waals surface area (Å²) in [5.74, 6) is 0.578. The van der Waals surface area contributed by atoms with Gasteiger partial charge in [-0.2, -0.15) is 0 Å². The van der Waals surface area contributed by atoms with Gasteiger partial charge in [0.1, 0.15) is 5.78 Å². The van der Waals surface area contributed by atoms with Crippen molar-refractivity contribution in [3.63, 3.8) is 0 Å². The summed E-state index contributed by atoms with van der Waals surface area (Å²) in [6.45, 7) is 1.60. The van der Waals surface area contributed by atoms with Crippen LogP contribution in [0, 0.1) is 5.92 Å². The average Bonchev–Trinajstić information content (AvgIpc) is 2.70. The fourth-order valence-corrected chi connectivity index (χ4v) is 4.45. The maximum Gasteiger partial charge on any atom is 0.158 e. The first-order valence-electron chi connectivity index (χ1n) is 12.5. The third-order valence-electron chi connectivity index (χ3n) is 6.50. The molecule has 3 nitrogen and oxygen atoms in total. The van der Waals surface area contributed by atoms with Gasteiger partial charge in [-0.15, -0.1) is 0 Å². The van der Waals surface area contributed by atoms with Crippen LogP contribution >= 0.6 is 0 Å². The van der Waals surface area contributed by atoms with E-state index in [0.29, 0.717) is 6.42 Å². The Morgan fingerprint density at radius 2 is 1.14 bits per heavy atom. The van der Waals surface area contributed by atoms with Crippen molar-refractivity contribution in [2.24, 2.45) is 5.92 Å². The maximum absolute atomic E-state index is 12.8. The van der Waals surface area contributed by atoms with E-state index in [9.17, 15) is 9.59 Å². The van der Waals surface area contributed by atoms with E-state index in [0.717, 1.165) is 12.8 Å². The molecule has 0 heterocycles. The first kappa shape index (κ1) is 26.1. The minimum atomic E-state index is -0.177. The molecule has 168 valence electrons. The highest BCUT2D eigenvalue weighted by Crippen LogP contribution is 2.22. The maximum atomic E-state index is 12.8. The Kier molecular flexibility index (Phi) is 16.1. The van der Waals surface area contributed by atoms with Gasteiger partial charge in [-0.3, -0.25) is 9.59 Å². The van der Waals surface area contributed by atoms with Crippen molar-refractivity contribution in [3.05, 3.63) is 12.2 Å². The molecule has 3 heteroatoms. The van der Waals surface area contributed by atoms with E-state index in [1.807, 2.05) is 6.08 Å². The molecular weight excluding hydrogens is 358 g/mol. The molecule has 1 fully saturated rings. The molecule has 0 saturated heterocycles. The van der Waals surface area contributed by atoms with Crippen LogP contribution in [0.15, 0.2) is 12.2 Å². The van der Waals surface area contributed by atoms with Crippen molar-refractivity contribution in [1.29, 1.82) is 0 Å². The van der Waals surface area contributed by atoms with Crippen molar-refractivity contribution in [2.75, 3.05) is 7.05 Å². The topological polar surface area (TPSA) is 46.2 Å². The number of rotatable bonds is 6.